The standard InChI is InChI=1S/C18H28N2O4S/c1-5-24-17-8-6-16(7-9-17)20(25(4,22)23)15(3)18(21)19-12-10-14(2)11-13-19/h6-9,14-15H,5,10-13H2,1-4H3. The molecule has 2 rings (SSSR count). The number of rotatable bonds is 6. The van der Waals surface area contributed by atoms with Crippen LogP contribution in [0.3, 0.4) is 0 Å². The number of carbonyl (C=O) groups is 1. The zero-order valence-electron chi connectivity index (χ0n) is 15.4. The van der Waals surface area contributed by atoms with Gasteiger partial charge in [-0.15, -0.1) is 0 Å². The highest BCUT2D eigenvalue weighted by Crippen LogP contribution is 2.25. The molecule has 1 unspecified atom stereocenters. The number of anilines is 1. The van der Waals surface area contributed by atoms with Crippen molar-refractivity contribution in [3.63, 3.8) is 0 Å². The second-order valence-corrected chi connectivity index (χ2v) is 8.53. The molecule has 0 bridgehead atoms. The van der Waals surface area contributed by atoms with Crippen molar-refractivity contribution in [2.24, 2.45) is 5.92 Å². The van der Waals surface area contributed by atoms with Crippen LogP contribution >= 0.6 is 0 Å². The van der Waals surface area contributed by atoms with Crippen molar-refractivity contribution in [3.8, 4) is 5.75 Å². The number of ether oxygens (including phenoxy) is 1. The first kappa shape index (κ1) is 19.6. The molecule has 1 saturated heterocycles. The molecule has 140 valence electrons. The van der Waals surface area contributed by atoms with E-state index in [-0.39, 0.29) is 5.91 Å². The number of nitrogens with zero attached hydrogens (tertiary/aromatic N) is 2. The van der Waals surface area contributed by atoms with Gasteiger partial charge in [-0.25, -0.2) is 8.42 Å². The largest absolute Gasteiger partial charge is 0.494 e. The van der Waals surface area contributed by atoms with Crippen molar-refractivity contribution >= 4 is 21.6 Å². The van der Waals surface area contributed by atoms with Crippen molar-refractivity contribution in [1.29, 1.82) is 0 Å². The van der Waals surface area contributed by atoms with Gasteiger partial charge in [-0.1, -0.05) is 6.92 Å². The number of piperidine rings is 1. The summed E-state index contributed by atoms with van der Waals surface area (Å²) in [6.07, 6.45) is 3.05. The number of likely N-dealkylation sites (tertiary alicyclic amines) is 1. The van der Waals surface area contributed by atoms with Gasteiger partial charge in [0.1, 0.15) is 11.8 Å². The van der Waals surface area contributed by atoms with Gasteiger partial charge in [0, 0.05) is 13.1 Å². The molecular formula is C18H28N2O4S. The molecule has 0 N–H and O–H groups in total. The number of carbonyl (C=O) groups excluding carboxylic acids is 1. The van der Waals surface area contributed by atoms with Crippen molar-refractivity contribution in [3.05, 3.63) is 24.3 Å². The molecule has 0 saturated carbocycles. The topological polar surface area (TPSA) is 66.9 Å². The summed E-state index contributed by atoms with van der Waals surface area (Å²) in [6, 6.07) is 6.01. The first-order valence-electron chi connectivity index (χ1n) is 8.75. The van der Waals surface area contributed by atoms with E-state index in [1.807, 2.05) is 6.92 Å². The molecule has 1 fully saturated rings. The van der Waals surface area contributed by atoms with E-state index in [2.05, 4.69) is 6.92 Å². The highest BCUT2D eigenvalue weighted by atomic mass is 32.2. The van der Waals surface area contributed by atoms with Crippen molar-refractivity contribution in [2.75, 3.05) is 30.3 Å². The third-order valence-electron chi connectivity index (χ3n) is 4.56. The molecule has 1 aromatic rings. The lowest BCUT2D eigenvalue weighted by molar-refractivity contribution is -0.133. The van der Waals surface area contributed by atoms with Crippen LogP contribution in [0.25, 0.3) is 0 Å². The predicted molar refractivity (Wildman–Crippen MR) is 99.4 cm³/mol. The van der Waals surface area contributed by atoms with Gasteiger partial charge in [-0.05, 0) is 56.9 Å². The van der Waals surface area contributed by atoms with Crippen LogP contribution in [0, 0.1) is 5.92 Å². The number of amides is 1. The van der Waals surface area contributed by atoms with Crippen LogP contribution in [0.1, 0.15) is 33.6 Å². The molecule has 0 aliphatic carbocycles. The zero-order valence-corrected chi connectivity index (χ0v) is 16.3. The molecule has 1 atom stereocenters. The molecule has 1 aliphatic rings. The molecule has 0 spiro atoms. The summed E-state index contributed by atoms with van der Waals surface area (Å²) in [5, 5.41) is 0. The van der Waals surface area contributed by atoms with E-state index < -0.39 is 16.1 Å². The molecule has 0 aromatic heterocycles. The SMILES string of the molecule is CCOc1ccc(N(C(C)C(=O)N2CCC(C)CC2)S(C)(=O)=O)cc1. The minimum atomic E-state index is -3.59. The Morgan fingerprint density at radius 2 is 1.84 bits per heavy atom. The summed E-state index contributed by atoms with van der Waals surface area (Å²) >= 11 is 0. The number of hydrogen-bond acceptors (Lipinski definition) is 4. The molecule has 1 aliphatic heterocycles. The van der Waals surface area contributed by atoms with Crippen LogP contribution < -0.4 is 9.04 Å². The monoisotopic (exact) mass is 368 g/mol. The summed E-state index contributed by atoms with van der Waals surface area (Å²) in [4.78, 5) is 14.6. The maximum Gasteiger partial charge on any atom is 0.246 e. The average molecular weight is 368 g/mol. The maximum absolute atomic E-state index is 12.8. The van der Waals surface area contributed by atoms with Crippen molar-refractivity contribution in [1.82, 2.24) is 4.90 Å². The van der Waals surface area contributed by atoms with Crippen molar-refractivity contribution in [2.45, 2.75) is 39.7 Å². The van der Waals surface area contributed by atoms with Crippen LogP contribution in [0.15, 0.2) is 24.3 Å². The third kappa shape index (κ3) is 4.87. The van der Waals surface area contributed by atoms with Gasteiger partial charge in [0.25, 0.3) is 0 Å². The predicted octanol–water partition coefficient (Wildman–Crippen LogP) is 2.50. The Labute approximate surface area is 150 Å². The fourth-order valence-corrected chi connectivity index (χ4v) is 4.32. The van der Waals surface area contributed by atoms with Gasteiger partial charge in [0.2, 0.25) is 15.9 Å². The van der Waals surface area contributed by atoms with Crippen LogP contribution in [-0.2, 0) is 14.8 Å². The molecule has 25 heavy (non-hydrogen) atoms. The average Bonchev–Trinajstić information content (AvgIpc) is 2.55. The minimum Gasteiger partial charge on any atom is -0.494 e. The Bertz CT molecular complexity index is 680. The lowest BCUT2D eigenvalue weighted by atomic mass is 9.99. The van der Waals surface area contributed by atoms with Gasteiger partial charge in [0.05, 0.1) is 18.6 Å². The lowest BCUT2D eigenvalue weighted by Gasteiger charge is -2.36. The van der Waals surface area contributed by atoms with Gasteiger partial charge >= 0.3 is 0 Å². The smallest absolute Gasteiger partial charge is 0.246 e. The quantitative estimate of drug-likeness (QED) is 0.774. The number of sulfonamides is 1. The number of benzene rings is 1. The molecule has 0 radical (unpaired) electrons. The zero-order chi connectivity index (χ0) is 18.6. The summed E-state index contributed by atoms with van der Waals surface area (Å²) in [5.41, 5.74) is 0.470. The summed E-state index contributed by atoms with van der Waals surface area (Å²) in [6.45, 7) is 7.62. The second-order valence-electron chi connectivity index (χ2n) is 6.67. The fourth-order valence-electron chi connectivity index (χ4n) is 3.15. The molecule has 1 amide bonds. The highest BCUT2D eigenvalue weighted by molar-refractivity contribution is 7.92. The highest BCUT2D eigenvalue weighted by Gasteiger charge is 2.33. The van der Waals surface area contributed by atoms with E-state index in [4.69, 9.17) is 4.74 Å². The van der Waals surface area contributed by atoms with E-state index in [0.29, 0.717) is 37.1 Å². The fraction of sp³-hybridized carbons (Fsp3) is 0.611. The number of hydrogen-bond donors (Lipinski definition) is 0. The maximum atomic E-state index is 12.8. The van der Waals surface area contributed by atoms with Gasteiger partial charge in [0.15, 0.2) is 0 Å². The normalized spacial score (nSPS) is 17.2. The minimum absolute atomic E-state index is 0.147. The van der Waals surface area contributed by atoms with E-state index in [1.165, 1.54) is 4.31 Å². The first-order chi connectivity index (χ1) is 11.7. The second kappa shape index (κ2) is 8.08. The van der Waals surface area contributed by atoms with Gasteiger partial charge < -0.3 is 9.64 Å². The Morgan fingerprint density at radius 1 is 1.28 bits per heavy atom. The van der Waals surface area contributed by atoms with Gasteiger partial charge in [-0.3, -0.25) is 9.10 Å². The van der Waals surface area contributed by atoms with Gasteiger partial charge in [-0.2, -0.15) is 0 Å². The van der Waals surface area contributed by atoms with E-state index in [0.717, 1.165) is 19.1 Å². The third-order valence-corrected chi connectivity index (χ3v) is 5.81. The lowest BCUT2D eigenvalue weighted by Crippen LogP contribution is -2.51. The van der Waals surface area contributed by atoms with Crippen molar-refractivity contribution < 1.29 is 17.9 Å². The summed E-state index contributed by atoms with van der Waals surface area (Å²) in [5.74, 6) is 1.13. The molecule has 6 nitrogen and oxygen atoms in total. The molecule has 7 heteroatoms. The van der Waals surface area contributed by atoms with Crippen LogP contribution in [-0.4, -0.2) is 51.2 Å². The first-order valence-corrected chi connectivity index (χ1v) is 10.6. The van der Waals surface area contributed by atoms with E-state index in [9.17, 15) is 13.2 Å². The molecule has 1 heterocycles. The Kier molecular flexibility index (Phi) is 6.32. The van der Waals surface area contributed by atoms with Crippen LogP contribution in [0.5, 0.6) is 5.75 Å². The molecule has 1 aromatic carbocycles. The Balaban J connectivity index is 2.23. The Morgan fingerprint density at radius 3 is 2.32 bits per heavy atom. The molecular weight excluding hydrogens is 340 g/mol. The summed E-state index contributed by atoms with van der Waals surface area (Å²) in [7, 11) is -3.59. The van der Waals surface area contributed by atoms with Crippen LogP contribution in [0.2, 0.25) is 0 Å². The summed E-state index contributed by atoms with van der Waals surface area (Å²) < 4.78 is 31.3. The Hall–Kier alpha value is -1.76. The van der Waals surface area contributed by atoms with Crippen LogP contribution in [0.4, 0.5) is 5.69 Å². The van der Waals surface area contributed by atoms with E-state index in [1.54, 1.807) is 36.1 Å². The van der Waals surface area contributed by atoms with E-state index >= 15 is 0 Å².